The van der Waals surface area contributed by atoms with Gasteiger partial charge >= 0.3 is 0 Å². The van der Waals surface area contributed by atoms with Crippen LogP contribution < -0.4 is 4.74 Å². The molecule has 0 unspecified atom stereocenters. The fraction of sp³-hybridized carbons (Fsp3) is 0.500. The van der Waals surface area contributed by atoms with Crippen LogP contribution in [0, 0.1) is 0 Å². The summed E-state index contributed by atoms with van der Waals surface area (Å²) in [5, 5.41) is 4.08. The van der Waals surface area contributed by atoms with Crippen molar-refractivity contribution in [2.24, 2.45) is 0 Å². The molecule has 0 radical (unpaired) electrons. The van der Waals surface area contributed by atoms with E-state index in [0.29, 0.717) is 17.6 Å². The maximum Gasteiger partial charge on any atom is 0.232 e. The molecule has 1 aromatic heterocycles. The average molecular weight is 272 g/mol. The van der Waals surface area contributed by atoms with Gasteiger partial charge in [0, 0.05) is 11.0 Å². The number of aromatic nitrogens is 2. The van der Waals surface area contributed by atoms with E-state index in [4.69, 9.17) is 9.26 Å². The Labute approximate surface area is 119 Å². The van der Waals surface area contributed by atoms with Crippen LogP contribution in [0.1, 0.15) is 51.0 Å². The predicted octanol–water partition coefficient (Wildman–Crippen LogP) is 3.92. The Kier molecular flexibility index (Phi) is 3.04. The maximum atomic E-state index is 5.50. The minimum atomic E-state index is -0.136. The summed E-state index contributed by atoms with van der Waals surface area (Å²) < 4.78 is 10.8. The maximum absolute atomic E-state index is 5.50. The molecule has 0 N–H and O–H groups in total. The van der Waals surface area contributed by atoms with Gasteiger partial charge in [-0.25, -0.2) is 0 Å². The summed E-state index contributed by atoms with van der Waals surface area (Å²) in [4.78, 5) is 4.48. The molecule has 3 rings (SSSR count). The smallest absolute Gasteiger partial charge is 0.232 e. The van der Waals surface area contributed by atoms with Gasteiger partial charge in [-0.3, -0.25) is 0 Å². The van der Waals surface area contributed by atoms with E-state index in [9.17, 15) is 0 Å². The molecular weight excluding hydrogens is 252 g/mol. The second-order valence-electron chi connectivity index (χ2n) is 6.40. The Balaban J connectivity index is 1.95. The van der Waals surface area contributed by atoms with Crippen molar-refractivity contribution in [3.05, 3.63) is 29.7 Å². The number of hydrogen-bond acceptors (Lipinski definition) is 4. The van der Waals surface area contributed by atoms with Crippen molar-refractivity contribution in [2.45, 2.75) is 44.9 Å². The summed E-state index contributed by atoms with van der Waals surface area (Å²) in [6.45, 7) is 6.17. The van der Waals surface area contributed by atoms with Crippen molar-refractivity contribution >= 4 is 0 Å². The van der Waals surface area contributed by atoms with Crippen LogP contribution in [0.5, 0.6) is 5.75 Å². The second kappa shape index (κ2) is 4.62. The summed E-state index contributed by atoms with van der Waals surface area (Å²) in [6, 6.07) is 6.18. The number of ether oxygens (including phenoxy) is 1. The quantitative estimate of drug-likeness (QED) is 0.849. The van der Waals surface area contributed by atoms with Crippen LogP contribution >= 0.6 is 0 Å². The average Bonchev–Trinajstić information content (AvgIpc) is 3.12. The van der Waals surface area contributed by atoms with Gasteiger partial charge in [0.2, 0.25) is 11.7 Å². The Morgan fingerprint density at radius 3 is 2.55 bits per heavy atom. The number of nitrogens with zero attached hydrogens (tertiary/aromatic N) is 2. The molecule has 4 nitrogen and oxygen atoms in total. The third kappa shape index (κ3) is 2.42. The molecular formula is C16H20N2O2. The molecule has 4 heteroatoms. The largest absolute Gasteiger partial charge is 0.496 e. The zero-order valence-corrected chi connectivity index (χ0v) is 12.4. The molecule has 1 heterocycles. The molecule has 1 aliphatic carbocycles. The van der Waals surface area contributed by atoms with E-state index in [2.05, 4.69) is 37.0 Å². The summed E-state index contributed by atoms with van der Waals surface area (Å²) >= 11 is 0. The zero-order valence-electron chi connectivity index (χ0n) is 12.4. The first-order valence-corrected chi connectivity index (χ1v) is 7.01. The van der Waals surface area contributed by atoms with E-state index in [-0.39, 0.29) is 5.41 Å². The highest BCUT2D eigenvalue weighted by atomic mass is 16.5. The van der Waals surface area contributed by atoms with Crippen molar-refractivity contribution in [1.82, 2.24) is 10.1 Å². The van der Waals surface area contributed by atoms with Gasteiger partial charge in [-0.15, -0.1) is 0 Å². The molecule has 1 aromatic carbocycles. The molecule has 0 aliphatic heterocycles. The van der Waals surface area contributed by atoms with E-state index < -0.39 is 0 Å². The van der Waals surface area contributed by atoms with Gasteiger partial charge in [-0.2, -0.15) is 4.98 Å². The molecule has 0 amide bonds. The van der Waals surface area contributed by atoms with Crippen LogP contribution in [0.3, 0.4) is 0 Å². The van der Waals surface area contributed by atoms with Crippen molar-refractivity contribution in [3.8, 4) is 17.1 Å². The Morgan fingerprint density at radius 1 is 1.25 bits per heavy atom. The van der Waals surface area contributed by atoms with E-state index in [1.54, 1.807) is 7.11 Å². The standard InChI is InChI=1S/C16H20N2O2/c1-16(2,3)15-17-14(18-20-15)11-7-8-12(10-5-6-10)13(9-11)19-4/h7-10H,5-6H2,1-4H3. The SMILES string of the molecule is COc1cc(-c2noc(C(C)(C)C)n2)ccc1C1CC1. The predicted molar refractivity (Wildman–Crippen MR) is 77.0 cm³/mol. The van der Waals surface area contributed by atoms with Crippen LogP contribution in [0.4, 0.5) is 0 Å². The lowest BCUT2D eigenvalue weighted by Crippen LogP contribution is -2.11. The van der Waals surface area contributed by atoms with Crippen LogP contribution in [0.2, 0.25) is 0 Å². The molecule has 1 fully saturated rings. The fourth-order valence-electron chi connectivity index (χ4n) is 2.23. The molecule has 106 valence electrons. The van der Waals surface area contributed by atoms with Crippen molar-refractivity contribution in [1.29, 1.82) is 0 Å². The second-order valence-corrected chi connectivity index (χ2v) is 6.40. The van der Waals surface area contributed by atoms with Crippen LogP contribution in [0.25, 0.3) is 11.4 Å². The van der Waals surface area contributed by atoms with Crippen LogP contribution in [-0.4, -0.2) is 17.3 Å². The highest BCUT2D eigenvalue weighted by Crippen LogP contribution is 2.45. The van der Waals surface area contributed by atoms with Gasteiger partial charge in [0.25, 0.3) is 0 Å². The first-order chi connectivity index (χ1) is 9.49. The fourth-order valence-corrected chi connectivity index (χ4v) is 2.23. The first-order valence-electron chi connectivity index (χ1n) is 7.01. The first kappa shape index (κ1) is 13.2. The lowest BCUT2D eigenvalue weighted by atomic mass is 9.97. The van der Waals surface area contributed by atoms with Gasteiger partial charge in [0.15, 0.2) is 0 Å². The van der Waals surface area contributed by atoms with E-state index in [0.717, 1.165) is 11.3 Å². The highest BCUT2D eigenvalue weighted by Gasteiger charge is 2.27. The molecule has 20 heavy (non-hydrogen) atoms. The lowest BCUT2D eigenvalue weighted by molar-refractivity contribution is 0.321. The van der Waals surface area contributed by atoms with Crippen molar-refractivity contribution in [3.63, 3.8) is 0 Å². The monoisotopic (exact) mass is 272 g/mol. The van der Waals surface area contributed by atoms with Crippen molar-refractivity contribution in [2.75, 3.05) is 7.11 Å². The topological polar surface area (TPSA) is 48.2 Å². The number of hydrogen-bond donors (Lipinski definition) is 0. The molecule has 1 aliphatic rings. The molecule has 0 spiro atoms. The normalized spacial score (nSPS) is 15.4. The minimum Gasteiger partial charge on any atom is -0.496 e. The van der Waals surface area contributed by atoms with E-state index in [1.165, 1.54) is 18.4 Å². The molecule has 2 aromatic rings. The Hall–Kier alpha value is -1.84. The van der Waals surface area contributed by atoms with Crippen LogP contribution in [-0.2, 0) is 5.41 Å². The van der Waals surface area contributed by atoms with Crippen molar-refractivity contribution < 1.29 is 9.26 Å². The summed E-state index contributed by atoms with van der Waals surface area (Å²) in [5.41, 5.74) is 2.09. The summed E-state index contributed by atoms with van der Waals surface area (Å²) in [7, 11) is 1.71. The van der Waals surface area contributed by atoms with Gasteiger partial charge < -0.3 is 9.26 Å². The van der Waals surface area contributed by atoms with Gasteiger partial charge in [0.1, 0.15) is 5.75 Å². The third-order valence-electron chi connectivity index (χ3n) is 3.58. The number of rotatable bonds is 3. The Morgan fingerprint density at radius 2 is 2.00 bits per heavy atom. The summed E-state index contributed by atoms with van der Waals surface area (Å²) in [5.74, 6) is 2.86. The summed E-state index contributed by atoms with van der Waals surface area (Å²) in [6.07, 6.45) is 2.51. The minimum absolute atomic E-state index is 0.136. The van der Waals surface area contributed by atoms with E-state index >= 15 is 0 Å². The molecule has 0 saturated heterocycles. The Bertz CT molecular complexity index is 622. The van der Waals surface area contributed by atoms with E-state index in [1.807, 2.05) is 12.1 Å². The van der Waals surface area contributed by atoms with Gasteiger partial charge in [-0.1, -0.05) is 38.1 Å². The van der Waals surface area contributed by atoms with Gasteiger partial charge in [0.05, 0.1) is 7.11 Å². The highest BCUT2D eigenvalue weighted by molar-refractivity contribution is 5.59. The van der Waals surface area contributed by atoms with Crippen LogP contribution in [0.15, 0.2) is 22.7 Å². The number of methoxy groups -OCH3 is 1. The molecule has 1 saturated carbocycles. The molecule has 0 atom stereocenters. The molecule has 0 bridgehead atoms. The lowest BCUT2D eigenvalue weighted by Gasteiger charge is -2.10. The number of benzene rings is 1. The zero-order chi connectivity index (χ0) is 14.3. The third-order valence-corrected chi connectivity index (χ3v) is 3.58. The van der Waals surface area contributed by atoms with Gasteiger partial charge in [-0.05, 0) is 30.4 Å².